The molecule has 2 heterocycles. The van der Waals surface area contributed by atoms with E-state index in [-0.39, 0.29) is 0 Å². The molecular formula is C11H9N3S. The zero-order valence-electron chi connectivity index (χ0n) is 8.21. The Balaban J connectivity index is 2.34. The van der Waals surface area contributed by atoms with E-state index < -0.39 is 0 Å². The molecule has 3 rings (SSSR count). The summed E-state index contributed by atoms with van der Waals surface area (Å²) in [5, 5.41) is 4.29. The van der Waals surface area contributed by atoms with Crippen LogP contribution in [-0.4, -0.2) is 14.6 Å². The van der Waals surface area contributed by atoms with Crippen LogP contribution in [0.3, 0.4) is 0 Å². The van der Waals surface area contributed by atoms with E-state index in [1.54, 1.807) is 11.3 Å². The summed E-state index contributed by atoms with van der Waals surface area (Å²) in [6.07, 6.45) is 0. The van der Waals surface area contributed by atoms with Crippen LogP contribution in [0.25, 0.3) is 16.2 Å². The fraction of sp³-hybridized carbons (Fsp3) is 0.0909. The molecule has 0 fully saturated rings. The highest BCUT2D eigenvalue weighted by atomic mass is 32.1. The van der Waals surface area contributed by atoms with Crippen molar-refractivity contribution in [1.29, 1.82) is 0 Å². The number of imidazole rings is 1. The average Bonchev–Trinajstić information content (AvgIpc) is 2.78. The van der Waals surface area contributed by atoms with Crippen LogP contribution in [0.4, 0.5) is 0 Å². The van der Waals surface area contributed by atoms with E-state index in [9.17, 15) is 0 Å². The van der Waals surface area contributed by atoms with E-state index in [0.29, 0.717) is 0 Å². The number of aromatic nitrogens is 3. The molecule has 3 nitrogen and oxygen atoms in total. The van der Waals surface area contributed by atoms with Gasteiger partial charge in [0.2, 0.25) is 4.96 Å². The lowest BCUT2D eigenvalue weighted by Gasteiger charge is -1.99. The Labute approximate surface area is 91.0 Å². The number of benzene rings is 1. The highest BCUT2D eigenvalue weighted by Gasteiger charge is 2.11. The van der Waals surface area contributed by atoms with Gasteiger partial charge in [-0.2, -0.15) is 5.10 Å². The van der Waals surface area contributed by atoms with Gasteiger partial charge in [0, 0.05) is 5.56 Å². The molecule has 0 unspecified atom stereocenters. The van der Waals surface area contributed by atoms with Crippen LogP contribution in [0.15, 0.2) is 35.8 Å². The predicted octanol–water partition coefficient (Wildman–Crippen LogP) is 2.77. The Morgan fingerprint density at radius 2 is 2.00 bits per heavy atom. The Morgan fingerprint density at radius 3 is 2.80 bits per heavy atom. The molecule has 74 valence electrons. The Bertz CT molecular complexity index is 595. The number of hydrogen-bond acceptors (Lipinski definition) is 3. The number of hydrogen-bond donors (Lipinski definition) is 0. The largest absolute Gasteiger partial charge is 0.222 e. The van der Waals surface area contributed by atoms with Gasteiger partial charge >= 0.3 is 0 Å². The van der Waals surface area contributed by atoms with E-state index >= 15 is 0 Å². The molecular weight excluding hydrogens is 206 g/mol. The van der Waals surface area contributed by atoms with Crippen LogP contribution in [0.5, 0.6) is 0 Å². The van der Waals surface area contributed by atoms with Gasteiger partial charge < -0.3 is 0 Å². The van der Waals surface area contributed by atoms with Crippen molar-refractivity contribution in [2.24, 2.45) is 0 Å². The first-order valence-electron chi connectivity index (χ1n) is 4.70. The molecule has 0 spiro atoms. The van der Waals surface area contributed by atoms with Crippen molar-refractivity contribution in [2.75, 3.05) is 0 Å². The van der Waals surface area contributed by atoms with E-state index in [1.165, 1.54) is 0 Å². The van der Waals surface area contributed by atoms with Gasteiger partial charge in [0.15, 0.2) is 0 Å². The molecule has 3 aromatic rings. The zero-order valence-corrected chi connectivity index (χ0v) is 9.03. The van der Waals surface area contributed by atoms with Crippen LogP contribution >= 0.6 is 11.3 Å². The molecule has 0 bridgehead atoms. The van der Waals surface area contributed by atoms with Crippen molar-refractivity contribution in [1.82, 2.24) is 14.6 Å². The third kappa shape index (κ3) is 1.26. The Morgan fingerprint density at radius 1 is 1.20 bits per heavy atom. The lowest BCUT2D eigenvalue weighted by atomic mass is 10.1. The molecule has 0 atom stereocenters. The molecule has 0 saturated heterocycles. The van der Waals surface area contributed by atoms with E-state index in [2.05, 4.69) is 22.2 Å². The van der Waals surface area contributed by atoms with E-state index in [4.69, 9.17) is 0 Å². The zero-order chi connectivity index (χ0) is 10.3. The molecule has 0 saturated carbocycles. The second-order valence-electron chi connectivity index (χ2n) is 3.34. The van der Waals surface area contributed by atoms with Crippen molar-refractivity contribution in [3.8, 4) is 11.3 Å². The minimum Gasteiger partial charge on any atom is -0.222 e. The van der Waals surface area contributed by atoms with Gasteiger partial charge in [-0.1, -0.05) is 41.7 Å². The Hall–Kier alpha value is -1.68. The summed E-state index contributed by atoms with van der Waals surface area (Å²) in [6, 6.07) is 10.2. The summed E-state index contributed by atoms with van der Waals surface area (Å²) >= 11 is 1.56. The molecule has 1 aromatic carbocycles. The number of aryl methyl sites for hydroxylation is 1. The van der Waals surface area contributed by atoms with Crippen molar-refractivity contribution in [2.45, 2.75) is 6.92 Å². The second kappa shape index (κ2) is 3.17. The summed E-state index contributed by atoms with van der Waals surface area (Å²) in [6.45, 7) is 2.02. The van der Waals surface area contributed by atoms with Crippen molar-refractivity contribution in [3.63, 3.8) is 0 Å². The number of fused-ring (bicyclic) bond motifs is 1. The molecule has 0 N–H and O–H groups in total. The maximum atomic E-state index is 4.47. The average molecular weight is 215 g/mol. The van der Waals surface area contributed by atoms with Gasteiger partial charge in [-0.05, 0) is 6.92 Å². The smallest absolute Gasteiger partial charge is 0.212 e. The predicted molar refractivity (Wildman–Crippen MR) is 61.0 cm³/mol. The highest BCUT2D eigenvalue weighted by Crippen LogP contribution is 2.25. The topological polar surface area (TPSA) is 30.2 Å². The minimum absolute atomic E-state index is 0.950. The van der Waals surface area contributed by atoms with Gasteiger partial charge in [-0.25, -0.2) is 9.50 Å². The number of nitrogens with zero attached hydrogens (tertiary/aromatic N) is 3. The summed E-state index contributed by atoms with van der Waals surface area (Å²) in [5.41, 5.74) is 5.09. The van der Waals surface area contributed by atoms with Gasteiger partial charge in [0.1, 0.15) is 5.51 Å². The van der Waals surface area contributed by atoms with Crippen molar-refractivity contribution < 1.29 is 0 Å². The second-order valence-corrected chi connectivity index (χ2v) is 4.16. The minimum atomic E-state index is 0.950. The summed E-state index contributed by atoms with van der Waals surface area (Å²) in [4.78, 5) is 5.42. The van der Waals surface area contributed by atoms with Crippen LogP contribution in [-0.2, 0) is 0 Å². The summed E-state index contributed by atoms with van der Waals surface area (Å²) in [5.74, 6) is 0. The third-order valence-corrected chi connectivity index (χ3v) is 3.04. The van der Waals surface area contributed by atoms with E-state index in [1.807, 2.05) is 35.1 Å². The lowest BCUT2D eigenvalue weighted by Crippen LogP contribution is -1.88. The summed E-state index contributed by atoms with van der Waals surface area (Å²) in [7, 11) is 0. The fourth-order valence-corrected chi connectivity index (χ4v) is 2.38. The maximum Gasteiger partial charge on any atom is 0.212 e. The van der Waals surface area contributed by atoms with Crippen LogP contribution in [0, 0.1) is 6.92 Å². The molecule has 4 heteroatoms. The molecule has 0 aliphatic heterocycles. The molecule has 0 aliphatic carbocycles. The van der Waals surface area contributed by atoms with Crippen LogP contribution < -0.4 is 0 Å². The van der Waals surface area contributed by atoms with Crippen molar-refractivity contribution >= 4 is 16.3 Å². The summed E-state index contributed by atoms with van der Waals surface area (Å²) < 4.78 is 1.90. The molecule has 15 heavy (non-hydrogen) atoms. The maximum absolute atomic E-state index is 4.47. The molecule has 2 aromatic heterocycles. The first-order valence-corrected chi connectivity index (χ1v) is 5.58. The standard InChI is InChI=1S/C11H9N3S/c1-8-10(9-5-3-2-4-6-9)14-11(13-8)15-7-12-14/h2-7H,1H3. The molecule has 0 amide bonds. The Kier molecular flexibility index (Phi) is 1.82. The van der Waals surface area contributed by atoms with Crippen LogP contribution in [0.1, 0.15) is 5.69 Å². The van der Waals surface area contributed by atoms with Gasteiger partial charge in [-0.3, -0.25) is 0 Å². The van der Waals surface area contributed by atoms with Crippen LogP contribution in [0.2, 0.25) is 0 Å². The highest BCUT2D eigenvalue weighted by molar-refractivity contribution is 7.14. The third-order valence-electron chi connectivity index (χ3n) is 2.37. The van der Waals surface area contributed by atoms with Gasteiger partial charge in [0.05, 0.1) is 11.4 Å². The van der Waals surface area contributed by atoms with E-state index in [0.717, 1.165) is 21.9 Å². The van der Waals surface area contributed by atoms with Crippen molar-refractivity contribution in [3.05, 3.63) is 41.5 Å². The molecule has 0 aliphatic rings. The van der Waals surface area contributed by atoms with Gasteiger partial charge in [-0.15, -0.1) is 0 Å². The number of rotatable bonds is 1. The quantitative estimate of drug-likeness (QED) is 0.624. The monoisotopic (exact) mass is 215 g/mol. The SMILES string of the molecule is Cc1nc2scnn2c1-c1ccccc1. The molecule has 0 radical (unpaired) electrons. The first kappa shape index (κ1) is 8.61. The van der Waals surface area contributed by atoms with Gasteiger partial charge in [0.25, 0.3) is 0 Å². The lowest BCUT2D eigenvalue weighted by molar-refractivity contribution is 0.978. The fourth-order valence-electron chi connectivity index (χ4n) is 1.72. The normalized spacial score (nSPS) is 11.0. The first-order chi connectivity index (χ1) is 7.36.